The van der Waals surface area contributed by atoms with Gasteiger partial charge in [-0.1, -0.05) is 0 Å². The van der Waals surface area contributed by atoms with Crippen molar-refractivity contribution in [2.24, 2.45) is 0 Å². The number of hydrogen-bond donors (Lipinski definition) is 3. The molecule has 0 bridgehead atoms. The molecular weight excluding hydrogens is 204 g/mol. The van der Waals surface area contributed by atoms with Crippen LogP contribution in [0.15, 0.2) is 24.7 Å². The third kappa shape index (κ3) is 1.93. The number of H-pyrrole nitrogens is 1. The fourth-order valence-electron chi connectivity index (χ4n) is 1.27. The van der Waals surface area contributed by atoms with Gasteiger partial charge in [0.1, 0.15) is 6.07 Å². The van der Waals surface area contributed by atoms with E-state index < -0.39 is 0 Å². The number of rotatable bonds is 3. The summed E-state index contributed by atoms with van der Waals surface area (Å²) in [5.41, 5.74) is 7.54. The Balaban J connectivity index is 2.13. The standard InChI is InChI=1S/C10H10N6/c11-3-8-1-2-13-10(9(8)12)14-4-7-5-15-16-6-7/h1-2,5-6H,4,12H2,(H,13,14)(H,15,16). The van der Waals surface area contributed by atoms with Gasteiger partial charge in [0.05, 0.1) is 17.4 Å². The monoisotopic (exact) mass is 214 g/mol. The lowest BCUT2D eigenvalue weighted by atomic mass is 10.2. The number of hydrogen-bond acceptors (Lipinski definition) is 5. The predicted octanol–water partition coefficient (Wildman–Crippen LogP) is 0.871. The van der Waals surface area contributed by atoms with Crippen LogP contribution in [-0.4, -0.2) is 15.2 Å². The minimum absolute atomic E-state index is 0.369. The van der Waals surface area contributed by atoms with E-state index in [2.05, 4.69) is 20.5 Å². The van der Waals surface area contributed by atoms with E-state index in [1.54, 1.807) is 24.7 Å². The van der Waals surface area contributed by atoms with Crippen LogP contribution in [0, 0.1) is 11.3 Å². The van der Waals surface area contributed by atoms with E-state index in [1.807, 2.05) is 6.07 Å². The van der Waals surface area contributed by atoms with Crippen LogP contribution in [-0.2, 0) is 6.54 Å². The van der Waals surface area contributed by atoms with Crippen molar-refractivity contribution in [3.05, 3.63) is 35.8 Å². The van der Waals surface area contributed by atoms with Crippen molar-refractivity contribution in [1.82, 2.24) is 15.2 Å². The second-order valence-electron chi connectivity index (χ2n) is 3.19. The predicted molar refractivity (Wildman–Crippen MR) is 59.3 cm³/mol. The molecule has 0 radical (unpaired) electrons. The van der Waals surface area contributed by atoms with E-state index in [0.29, 0.717) is 23.6 Å². The summed E-state index contributed by atoms with van der Waals surface area (Å²) in [6.07, 6.45) is 5.03. The molecule has 0 aliphatic rings. The maximum absolute atomic E-state index is 8.79. The molecule has 0 saturated heterocycles. The van der Waals surface area contributed by atoms with Crippen LogP contribution in [0.2, 0.25) is 0 Å². The maximum atomic E-state index is 8.79. The number of nitrogens with two attached hydrogens (primary N) is 1. The summed E-state index contributed by atoms with van der Waals surface area (Å²) < 4.78 is 0. The summed E-state index contributed by atoms with van der Waals surface area (Å²) in [7, 11) is 0. The van der Waals surface area contributed by atoms with E-state index in [4.69, 9.17) is 11.0 Å². The van der Waals surface area contributed by atoms with E-state index in [9.17, 15) is 0 Å². The quantitative estimate of drug-likeness (QED) is 0.703. The molecule has 4 N–H and O–H groups in total. The van der Waals surface area contributed by atoms with Gasteiger partial charge in [0, 0.05) is 24.5 Å². The van der Waals surface area contributed by atoms with E-state index in [1.165, 1.54) is 0 Å². The van der Waals surface area contributed by atoms with Gasteiger partial charge in [-0.3, -0.25) is 5.10 Å². The lowest BCUT2D eigenvalue weighted by Crippen LogP contribution is -2.05. The molecule has 80 valence electrons. The van der Waals surface area contributed by atoms with Crippen LogP contribution < -0.4 is 11.1 Å². The van der Waals surface area contributed by atoms with Crippen LogP contribution in [0.25, 0.3) is 0 Å². The fraction of sp³-hybridized carbons (Fsp3) is 0.100. The molecule has 0 amide bonds. The van der Waals surface area contributed by atoms with Crippen molar-refractivity contribution >= 4 is 11.5 Å². The van der Waals surface area contributed by atoms with Crippen LogP contribution in [0.5, 0.6) is 0 Å². The Morgan fingerprint density at radius 3 is 3.12 bits per heavy atom. The van der Waals surface area contributed by atoms with Crippen molar-refractivity contribution in [2.45, 2.75) is 6.54 Å². The third-order valence-electron chi connectivity index (χ3n) is 2.13. The number of nitrogens with zero attached hydrogens (tertiary/aromatic N) is 3. The number of aromatic amines is 1. The Bertz CT molecular complexity index is 511. The SMILES string of the molecule is N#Cc1ccnc(NCc2cn[nH]c2)c1N. The van der Waals surface area contributed by atoms with Crippen LogP contribution in [0.4, 0.5) is 11.5 Å². The summed E-state index contributed by atoms with van der Waals surface area (Å²) in [6, 6.07) is 3.59. The minimum atomic E-state index is 0.369. The second-order valence-corrected chi connectivity index (χ2v) is 3.19. The Morgan fingerprint density at radius 2 is 2.44 bits per heavy atom. The number of nitriles is 1. The molecule has 2 aromatic rings. The summed E-state index contributed by atoms with van der Waals surface area (Å²) in [6.45, 7) is 0.558. The maximum Gasteiger partial charge on any atom is 0.150 e. The van der Waals surface area contributed by atoms with Gasteiger partial charge in [-0.2, -0.15) is 10.4 Å². The topological polar surface area (TPSA) is 103 Å². The molecule has 0 saturated carbocycles. The van der Waals surface area contributed by atoms with E-state index in [0.717, 1.165) is 5.56 Å². The number of nitrogen functional groups attached to an aromatic ring is 1. The zero-order valence-corrected chi connectivity index (χ0v) is 8.44. The van der Waals surface area contributed by atoms with Gasteiger partial charge in [-0.15, -0.1) is 0 Å². The summed E-state index contributed by atoms with van der Waals surface area (Å²) in [4.78, 5) is 4.07. The first-order valence-corrected chi connectivity index (χ1v) is 4.67. The highest BCUT2D eigenvalue weighted by Crippen LogP contribution is 2.19. The highest BCUT2D eigenvalue weighted by atomic mass is 15.1. The van der Waals surface area contributed by atoms with Crippen molar-refractivity contribution in [2.75, 3.05) is 11.1 Å². The molecule has 16 heavy (non-hydrogen) atoms. The average molecular weight is 214 g/mol. The molecule has 2 rings (SSSR count). The van der Waals surface area contributed by atoms with Crippen molar-refractivity contribution in [3.63, 3.8) is 0 Å². The Kier molecular flexibility index (Phi) is 2.69. The van der Waals surface area contributed by atoms with E-state index >= 15 is 0 Å². The van der Waals surface area contributed by atoms with Crippen molar-refractivity contribution in [3.8, 4) is 6.07 Å². The Hall–Kier alpha value is -2.55. The van der Waals surface area contributed by atoms with Crippen molar-refractivity contribution in [1.29, 1.82) is 5.26 Å². The molecule has 6 heteroatoms. The molecule has 6 nitrogen and oxygen atoms in total. The number of nitrogens with one attached hydrogen (secondary N) is 2. The van der Waals surface area contributed by atoms with Gasteiger partial charge in [0.2, 0.25) is 0 Å². The van der Waals surface area contributed by atoms with Gasteiger partial charge < -0.3 is 11.1 Å². The molecule has 0 fully saturated rings. The van der Waals surface area contributed by atoms with Crippen LogP contribution in [0.1, 0.15) is 11.1 Å². The average Bonchev–Trinajstić information content (AvgIpc) is 2.81. The first-order valence-electron chi connectivity index (χ1n) is 4.67. The summed E-state index contributed by atoms with van der Waals surface area (Å²) in [5.74, 6) is 0.514. The molecule has 0 aromatic carbocycles. The van der Waals surface area contributed by atoms with Gasteiger partial charge in [0.15, 0.2) is 5.82 Å². The second kappa shape index (κ2) is 4.31. The number of aromatic nitrogens is 3. The van der Waals surface area contributed by atoms with Gasteiger partial charge in [-0.05, 0) is 6.07 Å². The Morgan fingerprint density at radius 1 is 1.56 bits per heavy atom. The molecule has 0 unspecified atom stereocenters. The molecule has 0 atom stereocenters. The molecule has 0 spiro atoms. The van der Waals surface area contributed by atoms with Crippen molar-refractivity contribution < 1.29 is 0 Å². The minimum Gasteiger partial charge on any atom is -0.395 e. The fourth-order valence-corrected chi connectivity index (χ4v) is 1.27. The summed E-state index contributed by atoms with van der Waals surface area (Å²) >= 11 is 0. The lowest BCUT2D eigenvalue weighted by Gasteiger charge is -2.07. The highest BCUT2D eigenvalue weighted by Gasteiger charge is 2.05. The molecule has 0 aliphatic heterocycles. The zero-order valence-electron chi connectivity index (χ0n) is 8.44. The lowest BCUT2D eigenvalue weighted by molar-refractivity contribution is 1.09. The first kappa shape index (κ1) is 9.98. The molecule has 0 aliphatic carbocycles. The number of pyridine rings is 1. The normalized spacial score (nSPS) is 9.69. The van der Waals surface area contributed by atoms with Gasteiger partial charge in [-0.25, -0.2) is 4.98 Å². The Labute approximate surface area is 92.1 Å². The molecule has 2 heterocycles. The van der Waals surface area contributed by atoms with Gasteiger partial charge >= 0.3 is 0 Å². The zero-order chi connectivity index (χ0) is 11.4. The first-order chi connectivity index (χ1) is 7.81. The largest absolute Gasteiger partial charge is 0.395 e. The smallest absolute Gasteiger partial charge is 0.150 e. The highest BCUT2D eigenvalue weighted by molar-refractivity contribution is 5.68. The number of anilines is 2. The summed E-state index contributed by atoms with van der Waals surface area (Å²) in [5, 5.41) is 18.4. The molecule has 2 aromatic heterocycles. The van der Waals surface area contributed by atoms with Crippen LogP contribution >= 0.6 is 0 Å². The molecular formula is C10H10N6. The van der Waals surface area contributed by atoms with Crippen LogP contribution in [0.3, 0.4) is 0 Å². The van der Waals surface area contributed by atoms with E-state index in [-0.39, 0.29) is 0 Å². The third-order valence-corrected chi connectivity index (χ3v) is 2.13. The van der Waals surface area contributed by atoms with Gasteiger partial charge in [0.25, 0.3) is 0 Å².